The van der Waals surface area contributed by atoms with E-state index in [4.69, 9.17) is 9.47 Å². The highest BCUT2D eigenvalue weighted by molar-refractivity contribution is 5.87. The molecule has 0 bridgehead atoms. The molecule has 9 nitrogen and oxygen atoms in total. The third kappa shape index (κ3) is 4.46. The molecule has 1 aliphatic heterocycles. The average molecular weight is 515 g/mol. The topological polar surface area (TPSA) is 96.9 Å². The Kier molecular flexibility index (Phi) is 6.01. The number of fused-ring (bicyclic) bond motifs is 3. The van der Waals surface area contributed by atoms with Crippen LogP contribution in [0, 0.1) is 19.8 Å². The predicted molar refractivity (Wildman–Crippen MR) is 141 cm³/mol. The fourth-order valence-corrected chi connectivity index (χ4v) is 6.03. The summed E-state index contributed by atoms with van der Waals surface area (Å²) in [6.07, 6.45) is 9.06. The van der Waals surface area contributed by atoms with Crippen molar-refractivity contribution in [1.29, 1.82) is 0 Å². The van der Waals surface area contributed by atoms with Crippen LogP contribution in [-0.2, 0) is 30.9 Å². The number of hydrogen-bond acceptors (Lipinski definition) is 5. The highest BCUT2D eigenvalue weighted by Crippen LogP contribution is 2.47. The molecule has 6 rings (SSSR count). The van der Waals surface area contributed by atoms with Gasteiger partial charge in [0.15, 0.2) is 5.69 Å². The maximum absolute atomic E-state index is 12.2. The zero-order valence-corrected chi connectivity index (χ0v) is 22.4. The lowest BCUT2D eigenvalue weighted by Gasteiger charge is -2.42. The number of carbonyl (C=O) groups excluding carboxylic acids is 1. The van der Waals surface area contributed by atoms with Crippen LogP contribution in [0.25, 0.3) is 11.0 Å². The molecule has 0 unspecified atom stereocenters. The van der Waals surface area contributed by atoms with E-state index in [1.54, 1.807) is 6.20 Å². The van der Waals surface area contributed by atoms with E-state index < -0.39 is 11.7 Å². The second-order valence-electron chi connectivity index (χ2n) is 10.8. The van der Waals surface area contributed by atoms with Crippen LogP contribution in [0.2, 0.25) is 0 Å². The van der Waals surface area contributed by atoms with Gasteiger partial charge in [0.05, 0.1) is 11.0 Å². The zero-order valence-electron chi connectivity index (χ0n) is 22.4. The number of ether oxygens (including phenoxy) is 2. The van der Waals surface area contributed by atoms with Crippen molar-refractivity contribution >= 4 is 22.9 Å². The average Bonchev–Trinajstić information content (AvgIpc) is 3.27. The van der Waals surface area contributed by atoms with Crippen molar-refractivity contribution in [2.75, 3.05) is 5.32 Å². The lowest BCUT2D eigenvalue weighted by Crippen LogP contribution is -2.46. The minimum atomic E-state index is -0.555. The van der Waals surface area contributed by atoms with Crippen molar-refractivity contribution in [3.8, 4) is 11.6 Å². The van der Waals surface area contributed by atoms with Crippen LogP contribution in [-0.4, -0.2) is 21.0 Å². The summed E-state index contributed by atoms with van der Waals surface area (Å²) in [7, 11) is 4.08. The summed E-state index contributed by atoms with van der Waals surface area (Å²) >= 11 is 0. The smallest absolute Gasteiger partial charge is 0.413 e. The number of nitrogens with zero attached hydrogens (tertiary/aromatic N) is 4. The molecule has 2 aliphatic rings. The third-order valence-corrected chi connectivity index (χ3v) is 8.06. The number of carbonyl (C=O) groups is 1. The molecule has 1 spiro atoms. The molecular weight excluding hydrogens is 480 g/mol. The predicted octanol–water partition coefficient (Wildman–Crippen LogP) is 4.60. The van der Waals surface area contributed by atoms with Crippen LogP contribution >= 0.6 is 0 Å². The Balaban J connectivity index is 1.14. The first-order valence-corrected chi connectivity index (χ1v) is 13.3. The summed E-state index contributed by atoms with van der Waals surface area (Å²) in [6.45, 7) is 4.02. The number of aryl methyl sites for hydroxylation is 5. The molecule has 1 saturated carbocycles. The van der Waals surface area contributed by atoms with Gasteiger partial charge in [-0.3, -0.25) is 5.32 Å². The molecule has 4 heterocycles. The molecule has 1 aromatic carbocycles. The first-order chi connectivity index (χ1) is 18.3. The highest BCUT2D eigenvalue weighted by Gasteiger charge is 2.45. The Bertz CT molecular complexity index is 1540. The maximum atomic E-state index is 12.2. The van der Waals surface area contributed by atoms with E-state index >= 15 is 0 Å². The van der Waals surface area contributed by atoms with E-state index in [9.17, 15) is 4.79 Å². The fourth-order valence-electron chi connectivity index (χ4n) is 6.03. The van der Waals surface area contributed by atoms with Crippen molar-refractivity contribution in [3.05, 3.63) is 65.5 Å². The minimum absolute atomic E-state index is 0.400. The molecule has 4 aromatic rings. The largest absolute Gasteiger partial charge is 0.438 e. The van der Waals surface area contributed by atoms with Crippen LogP contribution in [0.4, 0.5) is 10.6 Å². The summed E-state index contributed by atoms with van der Waals surface area (Å²) in [6, 6.07) is 10.1. The van der Waals surface area contributed by atoms with Gasteiger partial charge in [-0.05, 0) is 75.6 Å². The molecule has 0 saturated heterocycles. The van der Waals surface area contributed by atoms with Gasteiger partial charge >= 0.3 is 18.3 Å². The summed E-state index contributed by atoms with van der Waals surface area (Å²) in [5, 5.41) is 2.74. The summed E-state index contributed by atoms with van der Waals surface area (Å²) in [5.41, 5.74) is 4.71. The zero-order chi connectivity index (χ0) is 26.4. The molecule has 2 N–H and O–H groups in total. The molecule has 1 amide bonds. The van der Waals surface area contributed by atoms with Gasteiger partial charge in [-0.2, -0.15) is 0 Å². The number of pyridine rings is 1. The van der Waals surface area contributed by atoms with Crippen LogP contribution < -0.4 is 19.2 Å². The van der Waals surface area contributed by atoms with E-state index in [2.05, 4.69) is 51.2 Å². The van der Waals surface area contributed by atoms with Crippen molar-refractivity contribution in [2.45, 2.75) is 58.0 Å². The summed E-state index contributed by atoms with van der Waals surface area (Å²) < 4.78 is 16.4. The van der Waals surface area contributed by atoms with Crippen molar-refractivity contribution in [1.82, 2.24) is 15.0 Å². The van der Waals surface area contributed by atoms with Gasteiger partial charge in [0, 0.05) is 24.2 Å². The number of amides is 1. The van der Waals surface area contributed by atoms with Crippen molar-refractivity contribution in [2.24, 2.45) is 20.0 Å². The number of benzene rings is 1. The van der Waals surface area contributed by atoms with Crippen LogP contribution in [0.1, 0.15) is 54.7 Å². The second kappa shape index (κ2) is 9.38. The number of aromatic nitrogens is 5. The van der Waals surface area contributed by atoms with Gasteiger partial charge in [-0.25, -0.2) is 14.8 Å². The lowest BCUT2D eigenvalue weighted by molar-refractivity contribution is -0.809. The fraction of sp³-hybridized carbons (Fsp3) is 0.414. The monoisotopic (exact) mass is 514 g/mol. The van der Waals surface area contributed by atoms with E-state index in [1.165, 1.54) is 5.69 Å². The van der Waals surface area contributed by atoms with Gasteiger partial charge in [-0.15, -0.1) is 9.13 Å². The summed E-state index contributed by atoms with van der Waals surface area (Å²) in [5.74, 6) is 3.68. The van der Waals surface area contributed by atoms with Crippen molar-refractivity contribution in [3.63, 3.8) is 0 Å². The number of nitrogens with one attached hydrogen (secondary N) is 2. The molecule has 3 aromatic heterocycles. The highest BCUT2D eigenvalue weighted by atomic mass is 16.6. The number of imidazole rings is 1. The third-order valence-electron chi connectivity index (χ3n) is 8.06. The first-order valence-electron chi connectivity index (χ1n) is 13.3. The normalized spacial score (nSPS) is 20.7. The Hall–Kier alpha value is -4.01. The molecular formula is C29H34N6O3+2. The maximum Gasteiger partial charge on any atom is 0.413 e. The molecule has 1 fully saturated rings. The minimum Gasteiger partial charge on any atom is -0.438 e. The second-order valence-corrected chi connectivity index (χ2v) is 10.8. The number of hydrogen-bond donors (Lipinski definition) is 2. The Labute approximate surface area is 221 Å². The van der Waals surface area contributed by atoms with Gasteiger partial charge in [0.25, 0.3) is 0 Å². The van der Waals surface area contributed by atoms with Crippen LogP contribution in [0.15, 0.2) is 42.9 Å². The van der Waals surface area contributed by atoms with Crippen molar-refractivity contribution < 1.29 is 23.4 Å². The van der Waals surface area contributed by atoms with E-state index in [0.717, 1.165) is 78.1 Å². The number of H-pyrrole nitrogens is 1. The Morgan fingerprint density at radius 2 is 1.97 bits per heavy atom. The van der Waals surface area contributed by atoms with Gasteiger partial charge in [0.1, 0.15) is 43.2 Å². The van der Waals surface area contributed by atoms with Crippen LogP contribution in [0.5, 0.6) is 11.6 Å². The van der Waals surface area contributed by atoms with E-state index in [1.807, 2.05) is 42.8 Å². The SMILES string of the molecule is Cc1nc2c(C)cc(Oc3cc(CCC4CCC5(CC4)OC(=O)Nc4ncccc45)[n+](C)c[n+]3C)cc2[nH]1. The van der Waals surface area contributed by atoms with Gasteiger partial charge in [-0.1, -0.05) is 0 Å². The Morgan fingerprint density at radius 3 is 2.79 bits per heavy atom. The standard InChI is InChI=1S/C29H33N6O3/c1-18-14-22(16-24-26(18)32-19(2)31-24)37-25-15-21(34(3)17-35(25)4)8-7-20-9-11-29(12-10-20)23-6-5-13-30-27(23)33-28(36)38-29/h5-6,13-17,20H,7-12H2,1-4H3,(H-,30,31,32,33,36)/q+1/p+1. The van der Waals surface area contributed by atoms with Crippen LogP contribution in [0.3, 0.4) is 0 Å². The quantitative estimate of drug-likeness (QED) is 0.380. The molecule has 0 atom stereocenters. The molecule has 0 radical (unpaired) electrons. The molecule has 9 heteroatoms. The van der Waals surface area contributed by atoms with Gasteiger partial charge < -0.3 is 14.5 Å². The number of aromatic amines is 1. The Morgan fingerprint density at radius 1 is 1.16 bits per heavy atom. The lowest BCUT2D eigenvalue weighted by atomic mass is 9.73. The molecule has 196 valence electrons. The molecule has 1 aliphatic carbocycles. The molecule has 38 heavy (non-hydrogen) atoms. The number of rotatable bonds is 5. The summed E-state index contributed by atoms with van der Waals surface area (Å²) in [4.78, 5) is 24.4. The van der Waals surface area contributed by atoms with Gasteiger partial charge in [0.2, 0.25) is 0 Å². The van der Waals surface area contributed by atoms with E-state index in [-0.39, 0.29) is 0 Å². The van der Waals surface area contributed by atoms with E-state index in [0.29, 0.717) is 11.7 Å². The first kappa shape index (κ1) is 24.3. The number of anilines is 1.